The summed E-state index contributed by atoms with van der Waals surface area (Å²) in [5, 5.41) is 6.50. The Balaban J connectivity index is 1.80. The van der Waals surface area contributed by atoms with Crippen molar-refractivity contribution in [1.29, 1.82) is 0 Å². The molecule has 3 rings (SSSR count). The van der Waals surface area contributed by atoms with Crippen molar-refractivity contribution < 1.29 is 4.74 Å². The summed E-state index contributed by atoms with van der Waals surface area (Å²) in [6.07, 6.45) is 1.81. The third-order valence-corrected chi connectivity index (χ3v) is 3.98. The monoisotopic (exact) mass is 398 g/mol. The average molecular weight is 399 g/mol. The van der Waals surface area contributed by atoms with Gasteiger partial charge >= 0.3 is 0 Å². The van der Waals surface area contributed by atoms with Gasteiger partial charge in [-0.3, -0.25) is 0 Å². The van der Waals surface area contributed by atoms with Gasteiger partial charge in [0.05, 0.1) is 17.5 Å². The lowest BCUT2D eigenvalue weighted by Gasteiger charge is -2.15. The van der Waals surface area contributed by atoms with Crippen molar-refractivity contribution in [3.8, 4) is 5.75 Å². The first kappa shape index (κ1) is 17.2. The Bertz CT molecular complexity index is 854. The van der Waals surface area contributed by atoms with Gasteiger partial charge in [0.15, 0.2) is 0 Å². The normalized spacial score (nSPS) is 10.6. The first-order valence-corrected chi connectivity index (χ1v) is 8.78. The fourth-order valence-electron chi connectivity index (χ4n) is 2.24. The van der Waals surface area contributed by atoms with Crippen molar-refractivity contribution in [1.82, 2.24) is 9.97 Å². The van der Waals surface area contributed by atoms with E-state index in [1.807, 2.05) is 68.4 Å². The number of rotatable bonds is 6. The Morgan fingerprint density at radius 1 is 0.920 bits per heavy atom. The van der Waals surface area contributed by atoms with Gasteiger partial charge in [-0.2, -0.15) is 4.98 Å². The molecule has 0 unspecified atom stereocenters. The van der Waals surface area contributed by atoms with Gasteiger partial charge in [-0.25, -0.2) is 4.98 Å². The molecule has 1 aromatic heterocycles. The molecule has 25 heavy (non-hydrogen) atoms. The summed E-state index contributed by atoms with van der Waals surface area (Å²) in [5.41, 5.74) is 1.77. The summed E-state index contributed by atoms with van der Waals surface area (Å²) in [6.45, 7) is 4.00. The van der Waals surface area contributed by atoms with Gasteiger partial charge in [0, 0.05) is 10.7 Å². The predicted octanol–water partition coefficient (Wildman–Crippen LogP) is 5.51. The lowest BCUT2D eigenvalue weighted by molar-refractivity contribution is 0.244. The molecule has 2 N–H and O–H groups in total. The number of anilines is 4. The van der Waals surface area contributed by atoms with Gasteiger partial charge in [-0.05, 0) is 60.1 Å². The van der Waals surface area contributed by atoms with Crippen LogP contribution in [0.15, 0.2) is 65.3 Å². The molecule has 0 amide bonds. The standard InChI is InChI=1S/C19H19BrN4O/c1-13(2)25-17-10-6-5-9-16(17)22-18-11-12-21-19(24-18)23-15-8-4-3-7-14(15)20/h3-13H,1-2H3,(H2,21,22,23,24). The summed E-state index contributed by atoms with van der Waals surface area (Å²) < 4.78 is 6.78. The molecule has 6 heteroatoms. The Morgan fingerprint density at radius 2 is 1.64 bits per heavy atom. The third kappa shape index (κ3) is 4.70. The third-order valence-electron chi connectivity index (χ3n) is 3.29. The summed E-state index contributed by atoms with van der Waals surface area (Å²) in [5.74, 6) is 1.99. The largest absolute Gasteiger partial charge is 0.489 e. The number of halogens is 1. The van der Waals surface area contributed by atoms with Crippen LogP contribution in [0.4, 0.5) is 23.1 Å². The van der Waals surface area contributed by atoms with Gasteiger partial charge in [0.25, 0.3) is 0 Å². The van der Waals surface area contributed by atoms with E-state index in [0.717, 1.165) is 21.6 Å². The predicted molar refractivity (Wildman–Crippen MR) is 105 cm³/mol. The number of aromatic nitrogens is 2. The summed E-state index contributed by atoms with van der Waals surface area (Å²) in [4.78, 5) is 8.79. The van der Waals surface area contributed by atoms with Crippen LogP contribution in [0, 0.1) is 0 Å². The lowest BCUT2D eigenvalue weighted by atomic mass is 10.3. The number of benzene rings is 2. The van der Waals surface area contributed by atoms with E-state index in [9.17, 15) is 0 Å². The maximum atomic E-state index is 5.83. The Labute approximate surface area is 155 Å². The highest BCUT2D eigenvalue weighted by atomic mass is 79.9. The van der Waals surface area contributed by atoms with Crippen molar-refractivity contribution in [2.75, 3.05) is 10.6 Å². The van der Waals surface area contributed by atoms with Crippen LogP contribution < -0.4 is 15.4 Å². The molecule has 0 radical (unpaired) electrons. The number of nitrogens with zero attached hydrogens (tertiary/aromatic N) is 2. The molecule has 0 bridgehead atoms. The van der Waals surface area contributed by atoms with Crippen molar-refractivity contribution >= 4 is 39.1 Å². The summed E-state index contributed by atoms with van der Waals surface area (Å²) >= 11 is 3.51. The van der Waals surface area contributed by atoms with Crippen LogP contribution >= 0.6 is 15.9 Å². The van der Waals surface area contributed by atoms with Crippen LogP contribution in [0.2, 0.25) is 0 Å². The second kappa shape index (κ2) is 7.98. The Hall–Kier alpha value is -2.60. The minimum absolute atomic E-state index is 0.0982. The first-order valence-electron chi connectivity index (χ1n) is 7.99. The molecule has 0 fully saturated rings. The first-order chi connectivity index (χ1) is 12.1. The minimum Gasteiger partial charge on any atom is -0.489 e. The van der Waals surface area contributed by atoms with E-state index < -0.39 is 0 Å². The number of ether oxygens (including phenoxy) is 1. The zero-order valence-corrected chi connectivity index (χ0v) is 15.6. The van der Waals surface area contributed by atoms with Gasteiger partial charge in [-0.15, -0.1) is 0 Å². The maximum Gasteiger partial charge on any atom is 0.229 e. The molecule has 128 valence electrons. The molecule has 3 aromatic rings. The SMILES string of the molecule is CC(C)Oc1ccccc1Nc1ccnc(Nc2ccccc2Br)n1. The molecular weight excluding hydrogens is 380 g/mol. The second-order valence-corrected chi connectivity index (χ2v) is 6.51. The smallest absolute Gasteiger partial charge is 0.229 e. The van der Waals surface area contributed by atoms with Crippen molar-refractivity contribution in [2.45, 2.75) is 20.0 Å². The number of para-hydroxylation sites is 3. The van der Waals surface area contributed by atoms with Gasteiger partial charge in [0.1, 0.15) is 11.6 Å². The van der Waals surface area contributed by atoms with E-state index >= 15 is 0 Å². The average Bonchev–Trinajstić information content (AvgIpc) is 2.59. The molecule has 2 aromatic carbocycles. The number of hydrogen-bond donors (Lipinski definition) is 2. The van der Waals surface area contributed by atoms with Crippen molar-refractivity contribution in [2.24, 2.45) is 0 Å². The van der Waals surface area contributed by atoms with Crippen LogP contribution in [0.1, 0.15) is 13.8 Å². The molecule has 0 spiro atoms. The molecule has 0 aliphatic carbocycles. The van der Waals surface area contributed by atoms with E-state index in [1.54, 1.807) is 6.20 Å². The Morgan fingerprint density at radius 3 is 2.40 bits per heavy atom. The fourth-order valence-corrected chi connectivity index (χ4v) is 2.62. The zero-order valence-electron chi connectivity index (χ0n) is 14.0. The minimum atomic E-state index is 0.0982. The molecule has 5 nitrogen and oxygen atoms in total. The zero-order chi connectivity index (χ0) is 17.6. The summed E-state index contributed by atoms with van der Waals surface area (Å²) in [7, 11) is 0. The summed E-state index contributed by atoms with van der Waals surface area (Å²) in [6, 6.07) is 17.4. The second-order valence-electron chi connectivity index (χ2n) is 5.66. The Kier molecular flexibility index (Phi) is 5.50. The number of hydrogen-bond acceptors (Lipinski definition) is 5. The fraction of sp³-hybridized carbons (Fsp3) is 0.158. The number of nitrogens with one attached hydrogen (secondary N) is 2. The van der Waals surface area contributed by atoms with Crippen molar-refractivity contribution in [3.05, 3.63) is 65.3 Å². The van der Waals surface area contributed by atoms with Crippen LogP contribution in [-0.2, 0) is 0 Å². The van der Waals surface area contributed by atoms with Crippen LogP contribution in [0.5, 0.6) is 5.75 Å². The van der Waals surface area contributed by atoms with E-state index in [2.05, 4.69) is 36.5 Å². The van der Waals surface area contributed by atoms with Gasteiger partial charge in [-0.1, -0.05) is 24.3 Å². The molecule has 0 saturated carbocycles. The highest BCUT2D eigenvalue weighted by molar-refractivity contribution is 9.10. The lowest BCUT2D eigenvalue weighted by Crippen LogP contribution is -2.08. The maximum absolute atomic E-state index is 5.83. The molecule has 0 aliphatic heterocycles. The van der Waals surface area contributed by atoms with E-state index in [1.165, 1.54) is 0 Å². The molecule has 0 atom stereocenters. The molecular formula is C19H19BrN4O. The molecule has 0 aliphatic rings. The topological polar surface area (TPSA) is 59.1 Å². The molecule has 1 heterocycles. The molecule has 0 saturated heterocycles. The highest BCUT2D eigenvalue weighted by Gasteiger charge is 2.07. The van der Waals surface area contributed by atoms with E-state index in [-0.39, 0.29) is 6.10 Å². The van der Waals surface area contributed by atoms with Crippen LogP contribution in [0.25, 0.3) is 0 Å². The highest BCUT2D eigenvalue weighted by Crippen LogP contribution is 2.28. The quantitative estimate of drug-likeness (QED) is 0.572. The van der Waals surface area contributed by atoms with Crippen LogP contribution in [0.3, 0.4) is 0 Å². The van der Waals surface area contributed by atoms with Crippen LogP contribution in [-0.4, -0.2) is 16.1 Å². The van der Waals surface area contributed by atoms with Gasteiger partial charge < -0.3 is 15.4 Å². The van der Waals surface area contributed by atoms with Crippen molar-refractivity contribution in [3.63, 3.8) is 0 Å². The van der Waals surface area contributed by atoms with Gasteiger partial charge in [0.2, 0.25) is 5.95 Å². The van der Waals surface area contributed by atoms with E-state index in [0.29, 0.717) is 11.8 Å². The van der Waals surface area contributed by atoms with E-state index in [4.69, 9.17) is 4.74 Å².